The second kappa shape index (κ2) is 7.31. The highest BCUT2D eigenvalue weighted by Crippen LogP contribution is 2.35. The average Bonchev–Trinajstić information content (AvgIpc) is 2.49. The largest absolute Gasteiger partial charge is 0.496 e. The number of methoxy groups -OCH3 is 1. The van der Waals surface area contributed by atoms with Crippen LogP contribution in [0.1, 0.15) is 18.9 Å². The highest BCUT2D eigenvalue weighted by Gasteiger charge is 2.11. The summed E-state index contributed by atoms with van der Waals surface area (Å²) in [6.45, 7) is 2.11. The number of para-hydroxylation sites is 1. The van der Waals surface area contributed by atoms with Gasteiger partial charge in [0.15, 0.2) is 0 Å². The van der Waals surface area contributed by atoms with Gasteiger partial charge in [0.1, 0.15) is 10.8 Å². The predicted molar refractivity (Wildman–Crippen MR) is 83.3 cm³/mol. The second-order valence-corrected chi connectivity index (χ2v) is 5.62. The van der Waals surface area contributed by atoms with Crippen LogP contribution in [0.4, 0.5) is 0 Å². The van der Waals surface area contributed by atoms with Crippen LogP contribution in [-0.4, -0.2) is 18.1 Å². The topological polar surface area (TPSA) is 48.1 Å². The first kappa shape index (κ1) is 14.9. The number of pyridine rings is 1. The van der Waals surface area contributed by atoms with E-state index >= 15 is 0 Å². The summed E-state index contributed by atoms with van der Waals surface area (Å²) in [6.07, 6.45) is 3.63. The van der Waals surface area contributed by atoms with Gasteiger partial charge in [-0.3, -0.25) is 0 Å². The molecule has 1 atom stereocenters. The molecule has 0 aliphatic carbocycles. The van der Waals surface area contributed by atoms with Gasteiger partial charge in [0.05, 0.1) is 12.0 Å². The highest BCUT2D eigenvalue weighted by atomic mass is 32.2. The Morgan fingerprint density at radius 2 is 2.05 bits per heavy atom. The average molecular weight is 288 g/mol. The van der Waals surface area contributed by atoms with Crippen molar-refractivity contribution < 1.29 is 4.74 Å². The zero-order valence-electron chi connectivity index (χ0n) is 11.9. The van der Waals surface area contributed by atoms with Crippen LogP contribution in [0.5, 0.6) is 5.75 Å². The smallest absolute Gasteiger partial charge is 0.132 e. The second-order valence-electron chi connectivity index (χ2n) is 4.59. The van der Waals surface area contributed by atoms with Crippen LogP contribution >= 0.6 is 11.8 Å². The van der Waals surface area contributed by atoms with E-state index in [1.54, 1.807) is 18.9 Å². The molecule has 0 saturated heterocycles. The van der Waals surface area contributed by atoms with Crippen LogP contribution in [0.2, 0.25) is 0 Å². The first-order valence-corrected chi connectivity index (χ1v) is 7.56. The van der Waals surface area contributed by atoms with Gasteiger partial charge in [-0.25, -0.2) is 4.98 Å². The van der Waals surface area contributed by atoms with E-state index in [1.807, 2.05) is 36.5 Å². The predicted octanol–water partition coefficient (Wildman–Crippen LogP) is 3.52. The summed E-state index contributed by atoms with van der Waals surface area (Å²) in [5.74, 6) is 0.869. The van der Waals surface area contributed by atoms with Crippen molar-refractivity contribution in [2.24, 2.45) is 5.73 Å². The maximum absolute atomic E-state index is 6.06. The molecule has 1 aromatic heterocycles. The summed E-state index contributed by atoms with van der Waals surface area (Å²) < 4.78 is 5.39. The minimum absolute atomic E-state index is 0.177. The minimum Gasteiger partial charge on any atom is -0.496 e. The first-order valence-electron chi connectivity index (χ1n) is 6.75. The molecular formula is C16H20N2OS. The lowest BCUT2D eigenvalue weighted by atomic mass is 10.1. The summed E-state index contributed by atoms with van der Waals surface area (Å²) in [4.78, 5) is 5.56. The molecule has 0 amide bonds. The lowest BCUT2D eigenvalue weighted by Crippen LogP contribution is -2.21. The maximum Gasteiger partial charge on any atom is 0.132 e. The van der Waals surface area contributed by atoms with Crippen molar-refractivity contribution in [3.8, 4) is 5.75 Å². The van der Waals surface area contributed by atoms with E-state index in [-0.39, 0.29) is 6.04 Å². The monoisotopic (exact) mass is 288 g/mol. The Morgan fingerprint density at radius 3 is 2.80 bits per heavy atom. The highest BCUT2D eigenvalue weighted by molar-refractivity contribution is 7.99. The first-order chi connectivity index (χ1) is 9.74. The van der Waals surface area contributed by atoms with E-state index in [9.17, 15) is 0 Å². The van der Waals surface area contributed by atoms with E-state index in [2.05, 4.69) is 18.0 Å². The van der Waals surface area contributed by atoms with Gasteiger partial charge in [0, 0.05) is 12.2 Å². The molecule has 0 saturated carbocycles. The molecule has 2 rings (SSSR count). The quantitative estimate of drug-likeness (QED) is 0.883. The van der Waals surface area contributed by atoms with Crippen molar-refractivity contribution in [1.29, 1.82) is 0 Å². The standard InChI is InChI=1S/C16H20N2OS/c1-3-13(17)11-12-7-6-10-18-16(12)20-15-9-5-4-8-14(15)19-2/h4-10,13H,3,11,17H2,1-2H3. The van der Waals surface area contributed by atoms with Crippen molar-refractivity contribution in [3.05, 3.63) is 48.2 Å². The molecule has 1 unspecified atom stereocenters. The van der Waals surface area contributed by atoms with E-state index < -0.39 is 0 Å². The number of nitrogens with zero attached hydrogens (tertiary/aromatic N) is 1. The Bertz CT molecular complexity index is 560. The Kier molecular flexibility index (Phi) is 5.44. The molecule has 0 aliphatic heterocycles. The summed E-state index contributed by atoms with van der Waals surface area (Å²) in [5, 5.41) is 1.00. The number of benzene rings is 1. The molecular weight excluding hydrogens is 268 g/mol. The lowest BCUT2D eigenvalue weighted by molar-refractivity contribution is 0.405. The van der Waals surface area contributed by atoms with Gasteiger partial charge in [-0.2, -0.15) is 0 Å². The third-order valence-corrected chi connectivity index (χ3v) is 4.25. The zero-order chi connectivity index (χ0) is 14.4. The Balaban J connectivity index is 2.24. The molecule has 2 N–H and O–H groups in total. The molecule has 1 aromatic carbocycles. The summed E-state index contributed by atoms with van der Waals surface area (Å²) in [6, 6.07) is 12.2. The van der Waals surface area contributed by atoms with Crippen molar-refractivity contribution in [1.82, 2.24) is 4.98 Å². The van der Waals surface area contributed by atoms with Crippen molar-refractivity contribution >= 4 is 11.8 Å². The fourth-order valence-electron chi connectivity index (χ4n) is 1.91. The number of hydrogen-bond donors (Lipinski definition) is 1. The number of aromatic nitrogens is 1. The van der Waals surface area contributed by atoms with Crippen LogP contribution in [0.3, 0.4) is 0 Å². The Labute approximate surface area is 124 Å². The summed E-state index contributed by atoms with van der Waals surface area (Å²) in [7, 11) is 1.69. The maximum atomic E-state index is 6.06. The third-order valence-electron chi connectivity index (χ3n) is 3.13. The van der Waals surface area contributed by atoms with Crippen molar-refractivity contribution in [2.45, 2.75) is 35.7 Å². The Morgan fingerprint density at radius 1 is 1.25 bits per heavy atom. The number of nitrogens with two attached hydrogens (primary N) is 1. The van der Waals surface area contributed by atoms with Crippen LogP contribution < -0.4 is 10.5 Å². The lowest BCUT2D eigenvalue weighted by Gasteiger charge is -2.13. The SMILES string of the molecule is CCC(N)Cc1cccnc1Sc1ccccc1OC. The van der Waals surface area contributed by atoms with E-state index in [1.165, 1.54) is 5.56 Å². The zero-order valence-corrected chi connectivity index (χ0v) is 12.7. The molecule has 1 heterocycles. The molecule has 2 aromatic rings. The van der Waals surface area contributed by atoms with Crippen LogP contribution in [0, 0.1) is 0 Å². The van der Waals surface area contributed by atoms with Crippen LogP contribution in [-0.2, 0) is 6.42 Å². The molecule has 0 radical (unpaired) electrons. The molecule has 0 fully saturated rings. The fraction of sp³-hybridized carbons (Fsp3) is 0.312. The van der Waals surface area contributed by atoms with Crippen molar-refractivity contribution in [3.63, 3.8) is 0 Å². The molecule has 106 valence electrons. The normalized spacial score (nSPS) is 12.2. The molecule has 0 bridgehead atoms. The molecule has 4 heteroatoms. The van der Waals surface area contributed by atoms with Gasteiger partial charge in [-0.15, -0.1) is 0 Å². The number of hydrogen-bond acceptors (Lipinski definition) is 4. The summed E-state index contributed by atoms with van der Waals surface area (Å²) in [5.41, 5.74) is 7.25. The minimum atomic E-state index is 0.177. The molecule has 20 heavy (non-hydrogen) atoms. The van der Waals surface area contributed by atoms with Gasteiger partial charge in [0.25, 0.3) is 0 Å². The number of rotatable bonds is 6. The van der Waals surface area contributed by atoms with Gasteiger partial charge >= 0.3 is 0 Å². The van der Waals surface area contributed by atoms with Gasteiger partial charge in [-0.1, -0.05) is 36.9 Å². The van der Waals surface area contributed by atoms with E-state index in [0.717, 1.165) is 28.5 Å². The van der Waals surface area contributed by atoms with Gasteiger partial charge in [0.2, 0.25) is 0 Å². The Hall–Kier alpha value is -1.52. The van der Waals surface area contributed by atoms with Gasteiger partial charge < -0.3 is 10.5 Å². The van der Waals surface area contributed by atoms with Crippen LogP contribution in [0.15, 0.2) is 52.5 Å². The summed E-state index contributed by atoms with van der Waals surface area (Å²) >= 11 is 1.63. The van der Waals surface area contributed by atoms with Gasteiger partial charge in [-0.05, 0) is 36.6 Å². The molecule has 3 nitrogen and oxygen atoms in total. The third kappa shape index (κ3) is 3.74. The van der Waals surface area contributed by atoms with Crippen LogP contribution in [0.25, 0.3) is 0 Å². The molecule has 0 spiro atoms. The number of ether oxygens (including phenoxy) is 1. The fourth-order valence-corrected chi connectivity index (χ4v) is 2.91. The van der Waals surface area contributed by atoms with E-state index in [4.69, 9.17) is 10.5 Å². The molecule has 0 aliphatic rings. The van der Waals surface area contributed by atoms with E-state index in [0.29, 0.717) is 0 Å². The van der Waals surface area contributed by atoms with Crippen molar-refractivity contribution in [2.75, 3.05) is 7.11 Å².